The van der Waals surface area contributed by atoms with Crippen LogP contribution in [0.2, 0.25) is 5.02 Å². The number of benzene rings is 2. The molecule has 1 aliphatic heterocycles. The normalized spacial score (nSPS) is 15.0. The van der Waals surface area contributed by atoms with Crippen molar-refractivity contribution in [1.29, 1.82) is 0 Å². The maximum absolute atomic E-state index is 12.4. The monoisotopic (exact) mass is 378 g/mol. The highest BCUT2D eigenvalue weighted by Crippen LogP contribution is 2.21. The molecule has 0 unspecified atom stereocenters. The quantitative estimate of drug-likeness (QED) is 0.884. The van der Waals surface area contributed by atoms with E-state index < -0.39 is 15.9 Å². The van der Waals surface area contributed by atoms with Crippen LogP contribution in [0.15, 0.2) is 53.4 Å². The second kappa shape index (κ2) is 7.45. The number of carbonyl (C=O) groups is 1. The van der Waals surface area contributed by atoms with Gasteiger partial charge in [0.25, 0.3) is 15.9 Å². The molecule has 5 nitrogen and oxygen atoms in total. The molecule has 1 N–H and O–H groups in total. The summed E-state index contributed by atoms with van der Waals surface area (Å²) < 4.78 is 26.8. The van der Waals surface area contributed by atoms with Gasteiger partial charge in [-0.15, -0.1) is 0 Å². The fourth-order valence-corrected chi connectivity index (χ4v) is 3.95. The highest BCUT2D eigenvalue weighted by molar-refractivity contribution is 7.90. The van der Waals surface area contributed by atoms with E-state index in [-0.39, 0.29) is 4.90 Å². The van der Waals surface area contributed by atoms with Gasteiger partial charge in [-0.1, -0.05) is 17.7 Å². The molecule has 132 valence electrons. The van der Waals surface area contributed by atoms with E-state index in [1.165, 1.54) is 30.7 Å². The van der Waals surface area contributed by atoms with Crippen molar-refractivity contribution in [3.8, 4) is 0 Å². The molecule has 0 saturated carbocycles. The number of anilines is 1. The second-order valence-electron chi connectivity index (χ2n) is 5.99. The van der Waals surface area contributed by atoms with Crippen molar-refractivity contribution in [2.75, 3.05) is 18.0 Å². The predicted molar refractivity (Wildman–Crippen MR) is 98.6 cm³/mol. The molecular formula is C18H19ClN2O3S. The zero-order valence-electron chi connectivity index (χ0n) is 13.6. The Morgan fingerprint density at radius 1 is 1.00 bits per heavy atom. The minimum atomic E-state index is -3.93. The van der Waals surface area contributed by atoms with Crippen LogP contribution in [-0.4, -0.2) is 27.4 Å². The molecule has 25 heavy (non-hydrogen) atoms. The maximum atomic E-state index is 12.4. The first-order valence-electron chi connectivity index (χ1n) is 8.13. The summed E-state index contributed by atoms with van der Waals surface area (Å²) >= 11 is 5.77. The Bertz CT molecular complexity index is 860. The van der Waals surface area contributed by atoms with Gasteiger partial charge in [0.1, 0.15) is 0 Å². The first kappa shape index (κ1) is 17.8. The SMILES string of the molecule is O=C(NS(=O)(=O)c1ccc(Cl)cc1)c1cccc(N2CCCCC2)c1. The van der Waals surface area contributed by atoms with Crippen LogP contribution in [0.5, 0.6) is 0 Å². The number of piperidine rings is 1. The van der Waals surface area contributed by atoms with E-state index in [4.69, 9.17) is 11.6 Å². The summed E-state index contributed by atoms with van der Waals surface area (Å²) in [7, 11) is -3.93. The molecule has 2 aromatic rings. The van der Waals surface area contributed by atoms with Crippen LogP contribution in [0, 0.1) is 0 Å². The van der Waals surface area contributed by atoms with E-state index in [2.05, 4.69) is 9.62 Å². The lowest BCUT2D eigenvalue weighted by Crippen LogP contribution is -2.32. The third kappa shape index (κ3) is 4.32. The molecule has 2 aromatic carbocycles. The third-order valence-electron chi connectivity index (χ3n) is 4.18. The number of hydrogen-bond donors (Lipinski definition) is 1. The Labute approximate surface area is 152 Å². The molecule has 1 amide bonds. The van der Waals surface area contributed by atoms with Gasteiger partial charge in [-0.25, -0.2) is 13.1 Å². The Hall–Kier alpha value is -2.05. The van der Waals surface area contributed by atoms with Crippen molar-refractivity contribution in [3.63, 3.8) is 0 Å². The molecule has 0 radical (unpaired) electrons. The summed E-state index contributed by atoms with van der Waals surface area (Å²) in [4.78, 5) is 14.6. The van der Waals surface area contributed by atoms with Gasteiger partial charge in [0, 0.05) is 29.4 Å². The van der Waals surface area contributed by atoms with Crippen molar-refractivity contribution >= 4 is 33.2 Å². The smallest absolute Gasteiger partial charge is 0.265 e. The molecule has 0 aliphatic carbocycles. The van der Waals surface area contributed by atoms with Crippen molar-refractivity contribution in [2.24, 2.45) is 0 Å². The molecule has 7 heteroatoms. The van der Waals surface area contributed by atoms with E-state index in [0.717, 1.165) is 31.6 Å². The number of rotatable bonds is 4. The standard InChI is InChI=1S/C18H19ClN2O3S/c19-15-7-9-17(10-8-15)25(23,24)20-18(22)14-5-4-6-16(13-14)21-11-2-1-3-12-21/h4-10,13H,1-3,11-12H2,(H,20,22). The van der Waals surface area contributed by atoms with Crippen LogP contribution in [0.3, 0.4) is 0 Å². The highest BCUT2D eigenvalue weighted by Gasteiger charge is 2.19. The minimum absolute atomic E-state index is 0.00237. The summed E-state index contributed by atoms with van der Waals surface area (Å²) in [6.07, 6.45) is 3.47. The second-order valence-corrected chi connectivity index (χ2v) is 8.11. The summed E-state index contributed by atoms with van der Waals surface area (Å²) in [5, 5.41) is 0.430. The largest absolute Gasteiger partial charge is 0.372 e. The molecule has 0 aromatic heterocycles. The zero-order valence-corrected chi connectivity index (χ0v) is 15.2. The van der Waals surface area contributed by atoms with Crippen LogP contribution in [0.1, 0.15) is 29.6 Å². The summed E-state index contributed by atoms with van der Waals surface area (Å²) in [5.41, 5.74) is 1.26. The molecule has 1 aliphatic rings. The summed E-state index contributed by atoms with van der Waals surface area (Å²) in [6.45, 7) is 1.91. The van der Waals surface area contributed by atoms with Gasteiger partial charge in [-0.2, -0.15) is 0 Å². The van der Waals surface area contributed by atoms with Crippen LogP contribution in [0.4, 0.5) is 5.69 Å². The van der Waals surface area contributed by atoms with E-state index in [1.807, 2.05) is 6.07 Å². The van der Waals surface area contributed by atoms with Gasteiger partial charge < -0.3 is 4.90 Å². The first-order valence-corrected chi connectivity index (χ1v) is 9.99. The van der Waals surface area contributed by atoms with Crippen LogP contribution >= 0.6 is 11.6 Å². The number of carbonyl (C=O) groups excluding carboxylic acids is 1. The van der Waals surface area contributed by atoms with Crippen LogP contribution < -0.4 is 9.62 Å². The molecule has 1 saturated heterocycles. The molecule has 1 fully saturated rings. The fraction of sp³-hybridized carbons (Fsp3) is 0.278. The van der Waals surface area contributed by atoms with Crippen molar-refractivity contribution < 1.29 is 13.2 Å². The molecule has 1 heterocycles. The van der Waals surface area contributed by atoms with E-state index in [1.54, 1.807) is 18.2 Å². The molecule has 3 rings (SSSR count). The highest BCUT2D eigenvalue weighted by atomic mass is 35.5. The van der Waals surface area contributed by atoms with Gasteiger partial charge in [-0.3, -0.25) is 4.79 Å². The molecular weight excluding hydrogens is 360 g/mol. The molecule has 0 spiro atoms. The summed E-state index contributed by atoms with van der Waals surface area (Å²) in [6, 6.07) is 12.7. The Morgan fingerprint density at radius 3 is 2.36 bits per heavy atom. The van der Waals surface area contributed by atoms with E-state index in [9.17, 15) is 13.2 Å². The summed E-state index contributed by atoms with van der Waals surface area (Å²) in [5.74, 6) is -0.645. The van der Waals surface area contributed by atoms with Crippen LogP contribution in [-0.2, 0) is 10.0 Å². The zero-order chi connectivity index (χ0) is 17.9. The van der Waals surface area contributed by atoms with E-state index >= 15 is 0 Å². The number of hydrogen-bond acceptors (Lipinski definition) is 4. The maximum Gasteiger partial charge on any atom is 0.265 e. The molecule has 0 bridgehead atoms. The minimum Gasteiger partial charge on any atom is -0.372 e. The van der Waals surface area contributed by atoms with Crippen molar-refractivity contribution in [3.05, 3.63) is 59.1 Å². The lowest BCUT2D eigenvalue weighted by Gasteiger charge is -2.29. The average molecular weight is 379 g/mol. The van der Waals surface area contributed by atoms with Gasteiger partial charge in [0.2, 0.25) is 0 Å². The Kier molecular flexibility index (Phi) is 5.30. The molecule has 0 atom stereocenters. The van der Waals surface area contributed by atoms with Gasteiger partial charge >= 0.3 is 0 Å². The van der Waals surface area contributed by atoms with E-state index in [0.29, 0.717) is 10.6 Å². The van der Waals surface area contributed by atoms with Gasteiger partial charge in [0.15, 0.2) is 0 Å². The number of halogens is 1. The van der Waals surface area contributed by atoms with Gasteiger partial charge in [-0.05, 0) is 61.7 Å². The average Bonchev–Trinajstić information content (AvgIpc) is 2.62. The topological polar surface area (TPSA) is 66.5 Å². The predicted octanol–water partition coefficient (Wildman–Crippen LogP) is 3.45. The number of sulfonamides is 1. The van der Waals surface area contributed by atoms with Crippen molar-refractivity contribution in [2.45, 2.75) is 24.2 Å². The number of nitrogens with one attached hydrogen (secondary N) is 1. The lowest BCUT2D eigenvalue weighted by molar-refractivity contribution is 0.0981. The third-order valence-corrected chi connectivity index (χ3v) is 5.78. The van der Waals surface area contributed by atoms with Gasteiger partial charge in [0.05, 0.1) is 4.90 Å². The first-order chi connectivity index (χ1) is 12.0. The van der Waals surface area contributed by atoms with Crippen LogP contribution in [0.25, 0.3) is 0 Å². The van der Waals surface area contributed by atoms with Crippen molar-refractivity contribution in [1.82, 2.24) is 4.72 Å². The number of amides is 1. The lowest BCUT2D eigenvalue weighted by atomic mass is 10.1. The Morgan fingerprint density at radius 2 is 1.68 bits per heavy atom. The Balaban J connectivity index is 1.77. The number of nitrogens with zero attached hydrogens (tertiary/aromatic N) is 1. The fourth-order valence-electron chi connectivity index (χ4n) is 2.85.